The molecule has 2 aromatic rings. The highest BCUT2D eigenvalue weighted by atomic mass is 79.9. The van der Waals surface area contributed by atoms with Crippen LogP contribution in [-0.2, 0) is 13.0 Å². The molecule has 0 atom stereocenters. The molecule has 0 bridgehead atoms. The number of halogens is 1. The fraction of sp³-hybridized carbons (Fsp3) is 0.200. The molecule has 1 heterocycles. The van der Waals surface area contributed by atoms with Gasteiger partial charge < -0.3 is 5.11 Å². The van der Waals surface area contributed by atoms with E-state index in [1.165, 1.54) is 23.8 Å². The second kappa shape index (κ2) is 8.23. The van der Waals surface area contributed by atoms with Crippen LogP contribution in [0, 0.1) is 10.1 Å². The number of aryl methyl sites for hydroxylation is 1. The number of nitro benzene ring substituents is 1. The molecule has 0 N–H and O–H groups in total. The molecule has 7 heteroatoms. The summed E-state index contributed by atoms with van der Waals surface area (Å²) in [7, 11) is 0. The van der Waals surface area contributed by atoms with Crippen LogP contribution in [0.3, 0.4) is 0 Å². The van der Waals surface area contributed by atoms with Crippen molar-refractivity contribution in [2.24, 2.45) is 4.99 Å². The number of nitrogens with zero attached hydrogens (tertiary/aromatic N) is 3. The van der Waals surface area contributed by atoms with Crippen molar-refractivity contribution in [3.8, 4) is 0 Å². The van der Waals surface area contributed by atoms with Gasteiger partial charge in [-0.25, -0.2) is 4.57 Å². The Morgan fingerprint density at radius 3 is 2.55 bits per heavy atom. The second-order valence-electron chi connectivity index (χ2n) is 4.51. The topological polar surface area (TPSA) is 82.4 Å². The van der Waals surface area contributed by atoms with Crippen molar-refractivity contribution < 1.29 is 14.6 Å². The number of benzene rings is 1. The van der Waals surface area contributed by atoms with E-state index in [1.807, 2.05) is 24.5 Å². The smallest absolute Gasteiger partial charge is 0.271 e. The Morgan fingerprint density at radius 1 is 1.27 bits per heavy atom. The monoisotopic (exact) mass is 365 g/mol. The first kappa shape index (κ1) is 17.8. The van der Waals surface area contributed by atoms with Gasteiger partial charge in [0.1, 0.15) is 0 Å². The van der Waals surface area contributed by atoms with Gasteiger partial charge in [-0.05, 0) is 18.1 Å². The van der Waals surface area contributed by atoms with Gasteiger partial charge in [0.2, 0.25) is 0 Å². The fourth-order valence-electron chi connectivity index (χ4n) is 1.84. The minimum atomic E-state index is -0.512. The third-order valence-corrected chi connectivity index (χ3v) is 2.98. The maximum Gasteiger partial charge on any atom is 0.271 e. The molecule has 0 saturated carbocycles. The van der Waals surface area contributed by atoms with Crippen LogP contribution in [0.5, 0.6) is 0 Å². The van der Waals surface area contributed by atoms with Crippen LogP contribution in [0.15, 0.2) is 53.8 Å². The number of nitro groups is 1. The minimum absolute atomic E-state index is 0. The normalized spacial score (nSPS) is 10.9. The van der Waals surface area contributed by atoms with E-state index >= 15 is 0 Å². The van der Waals surface area contributed by atoms with Crippen LogP contribution in [0.25, 0.3) is 0 Å². The Kier molecular flexibility index (Phi) is 6.65. The predicted octanol–water partition coefficient (Wildman–Crippen LogP) is 2.11. The molecular formula is C15H16BrN3O3. The Labute approximate surface area is 138 Å². The van der Waals surface area contributed by atoms with Crippen molar-refractivity contribution >= 4 is 34.3 Å². The van der Waals surface area contributed by atoms with E-state index in [4.69, 9.17) is 0 Å². The first-order valence-electron chi connectivity index (χ1n) is 6.55. The number of rotatable bonds is 5. The molecule has 6 nitrogen and oxygen atoms in total. The van der Waals surface area contributed by atoms with E-state index in [0.29, 0.717) is 5.69 Å². The van der Waals surface area contributed by atoms with Crippen LogP contribution >= 0.6 is 17.0 Å². The van der Waals surface area contributed by atoms with Crippen LogP contribution in [0.4, 0.5) is 11.4 Å². The number of non-ortho nitro benzene ring substituents is 1. The summed E-state index contributed by atoms with van der Waals surface area (Å²) in [5.74, 6) is -0.357. The highest BCUT2D eigenvalue weighted by molar-refractivity contribution is 8.93. The maximum absolute atomic E-state index is 11.9. The van der Waals surface area contributed by atoms with Gasteiger partial charge in [-0.15, -0.1) is 17.0 Å². The molecule has 1 aromatic heterocycles. The molecule has 2 rings (SSSR count). The van der Waals surface area contributed by atoms with E-state index in [-0.39, 0.29) is 35.1 Å². The van der Waals surface area contributed by atoms with Crippen LogP contribution in [-0.4, -0.2) is 10.8 Å². The quantitative estimate of drug-likeness (QED) is 0.267. The zero-order valence-corrected chi connectivity index (χ0v) is 13.7. The van der Waals surface area contributed by atoms with E-state index in [0.717, 1.165) is 6.42 Å². The third kappa shape index (κ3) is 4.92. The zero-order chi connectivity index (χ0) is 15.2. The number of aliphatic imine (C=N–C) groups is 1. The van der Waals surface area contributed by atoms with Gasteiger partial charge >= 0.3 is 0 Å². The second-order valence-corrected chi connectivity index (χ2v) is 4.51. The van der Waals surface area contributed by atoms with Crippen LogP contribution in [0.2, 0.25) is 0 Å². The van der Waals surface area contributed by atoms with Gasteiger partial charge in [0, 0.05) is 30.2 Å². The molecule has 0 aliphatic carbocycles. The summed E-state index contributed by atoms with van der Waals surface area (Å²) in [6.45, 7) is 2.16. The zero-order valence-electron chi connectivity index (χ0n) is 12.0. The minimum Gasteiger partial charge on any atom is -0.857 e. The lowest BCUT2D eigenvalue weighted by atomic mass is 10.2. The van der Waals surface area contributed by atoms with Gasteiger partial charge in [-0.2, -0.15) is 0 Å². The summed E-state index contributed by atoms with van der Waals surface area (Å²) in [4.78, 5) is 14.0. The van der Waals surface area contributed by atoms with Crippen LogP contribution < -0.4 is 9.67 Å². The van der Waals surface area contributed by atoms with E-state index in [9.17, 15) is 15.2 Å². The lowest BCUT2D eigenvalue weighted by molar-refractivity contribution is -0.687. The highest BCUT2D eigenvalue weighted by Crippen LogP contribution is 2.19. The standard InChI is InChI=1S/C15H15N3O3.BrH/c1-2-12-6-8-17(9-7-12)11-15(19)16-13-4-3-5-14(10-13)18(20)21;/h3-10H,2,11H2,1H3;1H. The summed E-state index contributed by atoms with van der Waals surface area (Å²) in [6.07, 6.45) is 4.58. The lowest BCUT2D eigenvalue weighted by Crippen LogP contribution is -2.41. The largest absolute Gasteiger partial charge is 0.857 e. The Bertz CT molecular complexity index is 672. The van der Waals surface area contributed by atoms with Gasteiger partial charge in [0.25, 0.3) is 5.69 Å². The molecule has 22 heavy (non-hydrogen) atoms. The molecule has 0 aliphatic heterocycles. The molecule has 0 amide bonds. The third-order valence-electron chi connectivity index (χ3n) is 2.98. The van der Waals surface area contributed by atoms with Gasteiger partial charge in [0.05, 0.1) is 10.6 Å². The number of hydrogen-bond donors (Lipinski definition) is 0. The number of pyridine rings is 1. The molecule has 0 saturated heterocycles. The van der Waals surface area contributed by atoms with E-state index < -0.39 is 4.92 Å². The molecule has 0 radical (unpaired) electrons. The fourth-order valence-corrected chi connectivity index (χ4v) is 1.84. The average Bonchev–Trinajstić information content (AvgIpc) is 2.48. The van der Waals surface area contributed by atoms with Crippen molar-refractivity contribution in [1.29, 1.82) is 0 Å². The molecule has 116 valence electrons. The Balaban J connectivity index is 0.00000242. The van der Waals surface area contributed by atoms with Crippen molar-refractivity contribution in [3.05, 3.63) is 64.5 Å². The van der Waals surface area contributed by atoms with Crippen molar-refractivity contribution in [2.75, 3.05) is 0 Å². The summed E-state index contributed by atoms with van der Waals surface area (Å²) in [5.41, 5.74) is 1.40. The van der Waals surface area contributed by atoms with E-state index in [1.54, 1.807) is 10.6 Å². The summed E-state index contributed by atoms with van der Waals surface area (Å²) >= 11 is 0. The SMILES string of the molecule is Br.CCc1cc[n+](CC([O-])=Nc2cccc([N+](=O)[O-])c2)cc1. The van der Waals surface area contributed by atoms with Gasteiger partial charge in [0.15, 0.2) is 18.9 Å². The summed E-state index contributed by atoms with van der Waals surface area (Å²) in [6, 6.07) is 9.61. The highest BCUT2D eigenvalue weighted by Gasteiger charge is 2.05. The molecular weight excluding hydrogens is 350 g/mol. The first-order valence-corrected chi connectivity index (χ1v) is 6.55. The number of aromatic nitrogens is 1. The average molecular weight is 366 g/mol. The predicted molar refractivity (Wildman–Crippen MR) is 86.5 cm³/mol. The van der Waals surface area contributed by atoms with Gasteiger partial charge in [-0.3, -0.25) is 15.1 Å². The lowest BCUT2D eigenvalue weighted by Gasteiger charge is -2.07. The molecule has 0 unspecified atom stereocenters. The van der Waals surface area contributed by atoms with Crippen molar-refractivity contribution in [2.45, 2.75) is 19.9 Å². The van der Waals surface area contributed by atoms with Crippen molar-refractivity contribution in [3.63, 3.8) is 0 Å². The van der Waals surface area contributed by atoms with Gasteiger partial charge in [-0.1, -0.05) is 13.0 Å². The summed E-state index contributed by atoms with van der Waals surface area (Å²) < 4.78 is 1.72. The Morgan fingerprint density at radius 2 is 1.95 bits per heavy atom. The maximum atomic E-state index is 11.9. The van der Waals surface area contributed by atoms with E-state index in [2.05, 4.69) is 11.9 Å². The molecule has 1 aromatic carbocycles. The van der Waals surface area contributed by atoms with Crippen LogP contribution in [0.1, 0.15) is 12.5 Å². The Hall–Kier alpha value is -2.28. The molecule has 0 aliphatic rings. The van der Waals surface area contributed by atoms with Crippen molar-refractivity contribution in [1.82, 2.24) is 0 Å². The molecule has 0 fully saturated rings. The summed E-state index contributed by atoms with van der Waals surface area (Å²) in [5, 5.41) is 22.5. The number of hydrogen-bond acceptors (Lipinski definition) is 4. The first-order chi connectivity index (χ1) is 10.1. The molecule has 0 spiro atoms.